The molecule has 0 aliphatic heterocycles. The van der Waals surface area contributed by atoms with Crippen LogP contribution < -0.4 is 10.1 Å². The van der Waals surface area contributed by atoms with Crippen molar-refractivity contribution in [2.45, 2.75) is 39.5 Å². The Bertz CT molecular complexity index is 553. The fourth-order valence-electron chi connectivity index (χ4n) is 1.96. The molecule has 21 heavy (non-hydrogen) atoms. The molecule has 0 aliphatic rings. The van der Waals surface area contributed by atoms with Crippen molar-refractivity contribution in [3.05, 3.63) is 65.5 Å². The van der Waals surface area contributed by atoms with Crippen molar-refractivity contribution in [1.82, 2.24) is 5.32 Å². The standard InChI is InChI=1S/C18H22FNO/c1-3-14(2)20-12-16-6-4-5-7-18(16)21-13-15-8-10-17(19)11-9-15/h4-11,14,20H,3,12-13H2,1-2H3/t14-/m0/s1. The molecule has 3 heteroatoms. The first-order valence-corrected chi connectivity index (χ1v) is 7.37. The minimum Gasteiger partial charge on any atom is -0.489 e. The van der Waals surface area contributed by atoms with Gasteiger partial charge in [0.2, 0.25) is 0 Å². The number of rotatable bonds is 7. The summed E-state index contributed by atoms with van der Waals surface area (Å²) >= 11 is 0. The van der Waals surface area contributed by atoms with Crippen LogP contribution in [-0.4, -0.2) is 6.04 Å². The second kappa shape index (κ2) is 7.79. The highest BCUT2D eigenvalue weighted by Crippen LogP contribution is 2.19. The van der Waals surface area contributed by atoms with Gasteiger partial charge in [-0.05, 0) is 37.1 Å². The molecule has 112 valence electrons. The highest BCUT2D eigenvalue weighted by atomic mass is 19.1. The molecule has 0 radical (unpaired) electrons. The Hall–Kier alpha value is -1.87. The third kappa shape index (κ3) is 4.87. The fourth-order valence-corrected chi connectivity index (χ4v) is 1.96. The Morgan fingerprint density at radius 3 is 2.52 bits per heavy atom. The van der Waals surface area contributed by atoms with Crippen LogP contribution in [-0.2, 0) is 13.2 Å². The molecule has 2 nitrogen and oxygen atoms in total. The summed E-state index contributed by atoms with van der Waals surface area (Å²) in [6, 6.07) is 14.9. The second-order valence-corrected chi connectivity index (χ2v) is 5.21. The Morgan fingerprint density at radius 2 is 1.81 bits per heavy atom. The van der Waals surface area contributed by atoms with Crippen LogP contribution in [0.25, 0.3) is 0 Å². The maximum atomic E-state index is 12.9. The van der Waals surface area contributed by atoms with E-state index in [1.165, 1.54) is 12.1 Å². The van der Waals surface area contributed by atoms with Crippen LogP contribution in [0, 0.1) is 5.82 Å². The Labute approximate surface area is 126 Å². The van der Waals surface area contributed by atoms with Gasteiger partial charge < -0.3 is 10.1 Å². The molecule has 0 bridgehead atoms. The lowest BCUT2D eigenvalue weighted by molar-refractivity contribution is 0.301. The lowest BCUT2D eigenvalue weighted by Crippen LogP contribution is -2.24. The Morgan fingerprint density at radius 1 is 1.10 bits per heavy atom. The number of halogens is 1. The molecule has 1 atom stereocenters. The van der Waals surface area contributed by atoms with Crippen molar-refractivity contribution in [2.24, 2.45) is 0 Å². The molecule has 0 aromatic heterocycles. The Balaban J connectivity index is 1.97. The molecule has 1 N–H and O–H groups in total. The number of benzene rings is 2. The van der Waals surface area contributed by atoms with Crippen molar-refractivity contribution < 1.29 is 9.13 Å². The quantitative estimate of drug-likeness (QED) is 0.820. The van der Waals surface area contributed by atoms with E-state index < -0.39 is 0 Å². The predicted molar refractivity (Wildman–Crippen MR) is 83.8 cm³/mol. The molecule has 0 unspecified atom stereocenters. The van der Waals surface area contributed by atoms with Crippen molar-refractivity contribution in [3.63, 3.8) is 0 Å². The number of hydrogen-bond donors (Lipinski definition) is 1. The summed E-state index contributed by atoms with van der Waals surface area (Å²) in [5.41, 5.74) is 2.10. The maximum Gasteiger partial charge on any atom is 0.124 e. The van der Waals surface area contributed by atoms with E-state index in [1.54, 1.807) is 12.1 Å². The summed E-state index contributed by atoms with van der Waals surface area (Å²) < 4.78 is 18.7. The summed E-state index contributed by atoms with van der Waals surface area (Å²) in [6.45, 7) is 5.56. The molecule has 0 aliphatic carbocycles. The fraction of sp³-hybridized carbons (Fsp3) is 0.333. The van der Waals surface area contributed by atoms with Crippen molar-refractivity contribution in [3.8, 4) is 5.75 Å². The summed E-state index contributed by atoms with van der Waals surface area (Å²) in [5, 5.41) is 3.47. The van der Waals surface area contributed by atoms with E-state index in [2.05, 4.69) is 25.2 Å². The van der Waals surface area contributed by atoms with Crippen LogP contribution in [0.3, 0.4) is 0 Å². The van der Waals surface area contributed by atoms with Crippen molar-refractivity contribution in [1.29, 1.82) is 0 Å². The zero-order valence-corrected chi connectivity index (χ0v) is 12.6. The first-order chi connectivity index (χ1) is 10.2. The molecule has 0 saturated carbocycles. The highest BCUT2D eigenvalue weighted by molar-refractivity contribution is 5.33. The third-order valence-corrected chi connectivity index (χ3v) is 3.53. The van der Waals surface area contributed by atoms with Gasteiger partial charge in [-0.25, -0.2) is 4.39 Å². The molecule has 2 rings (SSSR count). The molecule has 0 heterocycles. The molecular formula is C18H22FNO. The molecule has 0 saturated heterocycles. The monoisotopic (exact) mass is 287 g/mol. The van der Waals surface area contributed by atoms with Gasteiger partial charge >= 0.3 is 0 Å². The molecule has 0 spiro atoms. The van der Waals surface area contributed by atoms with E-state index in [0.29, 0.717) is 12.6 Å². The molecule has 0 fully saturated rings. The minimum atomic E-state index is -0.225. The van der Waals surface area contributed by atoms with E-state index in [-0.39, 0.29) is 5.82 Å². The van der Waals surface area contributed by atoms with Gasteiger partial charge in [0.05, 0.1) is 0 Å². The third-order valence-electron chi connectivity index (χ3n) is 3.53. The normalized spacial score (nSPS) is 12.1. The zero-order valence-electron chi connectivity index (χ0n) is 12.6. The van der Waals surface area contributed by atoms with Crippen LogP contribution in [0.5, 0.6) is 5.75 Å². The largest absolute Gasteiger partial charge is 0.489 e. The summed E-state index contributed by atoms with van der Waals surface area (Å²) in [7, 11) is 0. The van der Waals surface area contributed by atoms with Gasteiger partial charge in [-0.2, -0.15) is 0 Å². The van der Waals surface area contributed by atoms with E-state index in [9.17, 15) is 4.39 Å². The highest BCUT2D eigenvalue weighted by Gasteiger charge is 2.05. The van der Waals surface area contributed by atoms with Gasteiger partial charge in [-0.1, -0.05) is 37.3 Å². The van der Waals surface area contributed by atoms with Gasteiger partial charge in [-0.15, -0.1) is 0 Å². The van der Waals surface area contributed by atoms with Gasteiger partial charge in [0.25, 0.3) is 0 Å². The topological polar surface area (TPSA) is 21.3 Å². The Kier molecular flexibility index (Phi) is 5.76. The smallest absolute Gasteiger partial charge is 0.124 e. The summed E-state index contributed by atoms with van der Waals surface area (Å²) in [4.78, 5) is 0. The maximum absolute atomic E-state index is 12.9. The van der Waals surface area contributed by atoms with Crippen molar-refractivity contribution >= 4 is 0 Å². The van der Waals surface area contributed by atoms with E-state index in [0.717, 1.165) is 29.8 Å². The van der Waals surface area contributed by atoms with E-state index >= 15 is 0 Å². The van der Waals surface area contributed by atoms with Crippen LogP contribution in [0.1, 0.15) is 31.4 Å². The molecule has 2 aromatic carbocycles. The van der Waals surface area contributed by atoms with Gasteiger partial charge in [-0.3, -0.25) is 0 Å². The van der Waals surface area contributed by atoms with E-state index in [1.807, 2.05) is 18.2 Å². The van der Waals surface area contributed by atoms with Crippen LogP contribution >= 0.6 is 0 Å². The van der Waals surface area contributed by atoms with Gasteiger partial charge in [0, 0.05) is 18.2 Å². The van der Waals surface area contributed by atoms with Gasteiger partial charge in [0.1, 0.15) is 18.2 Å². The number of ether oxygens (including phenoxy) is 1. The lowest BCUT2D eigenvalue weighted by Gasteiger charge is -2.15. The van der Waals surface area contributed by atoms with Crippen LogP contribution in [0.4, 0.5) is 4.39 Å². The number of nitrogens with one attached hydrogen (secondary N) is 1. The minimum absolute atomic E-state index is 0.225. The van der Waals surface area contributed by atoms with Gasteiger partial charge in [0.15, 0.2) is 0 Å². The summed E-state index contributed by atoms with van der Waals surface area (Å²) in [6.07, 6.45) is 1.10. The number of para-hydroxylation sites is 1. The molecule has 0 amide bonds. The molecular weight excluding hydrogens is 265 g/mol. The first-order valence-electron chi connectivity index (χ1n) is 7.37. The number of hydrogen-bond acceptors (Lipinski definition) is 2. The lowest BCUT2D eigenvalue weighted by atomic mass is 10.1. The summed E-state index contributed by atoms with van der Waals surface area (Å²) in [5.74, 6) is 0.648. The predicted octanol–water partition coefficient (Wildman–Crippen LogP) is 4.29. The SMILES string of the molecule is CC[C@H](C)NCc1ccccc1OCc1ccc(F)cc1. The van der Waals surface area contributed by atoms with Crippen LogP contribution in [0.2, 0.25) is 0 Å². The van der Waals surface area contributed by atoms with E-state index in [4.69, 9.17) is 4.74 Å². The second-order valence-electron chi connectivity index (χ2n) is 5.21. The van der Waals surface area contributed by atoms with Crippen molar-refractivity contribution in [2.75, 3.05) is 0 Å². The average Bonchev–Trinajstić information content (AvgIpc) is 2.52. The van der Waals surface area contributed by atoms with Crippen LogP contribution in [0.15, 0.2) is 48.5 Å². The average molecular weight is 287 g/mol. The molecule has 2 aromatic rings. The zero-order chi connectivity index (χ0) is 15.1. The first kappa shape index (κ1) is 15.5.